The maximum absolute atomic E-state index is 2.30. The Balaban J connectivity index is 0.000000116. The molecule has 0 N–H and O–H groups in total. The highest BCUT2D eigenvalue weighted by Crippen LogP contribution is 2.32. The molecule has 0 spiro atoms. The molecule has 0 radical (unpaired) electrons. The lowest BCUT2D eigenvalue weighted by Crippen LogP contribution is -1.83. The molecule has 0 amide bonds. The van der Waals surface area contributed by atoms with Gasteiger partial charge in [-0.25, -0.2) is 0 Å². The zero-order valence-electron chi connectivity index (χ0n) is 64.3. The van der Waals surface area contributed by atoms with Crippen LogP contribution in [0.15, 0.2) is 340 Å². The van der Waals surface area contributed by atoms with Crippen molar-refractivity contribution in [2.45, 2.75) is 96.9 Å². The lowest BCUT2D eigenvalue weighted by atomic mass is 9.97. The smallest absolute Gasteiger partial charge is 0.0146 e. The van der Waals surface area contributed by atoms with Crippen molar-refractivity contribution in [3.8, 4) is 33.4 Å². The third kappa shape index (κ3) is 19.1. The summed E-state index contributed by atoms with van der Waals surface area (Å²) >= 11 is 0. The molecule has 0 aliphatic rings. The molecule has 0 unspecified atom stereocenters. The molecule has 18 rings (SSSR count). The van der Waals surface area contributed by atoms with E-state index < -0.39 is 0 Å². The van der Waals surface area contributed by atoms with Gasteiger partial charge in [0.25, 0.3) is 0 Å². The lowest BCUT2D eigenvalue weighted by Gasteiger charge is -2.07. The van der Waals surface area contributed by atoms with Crippen molar-refractivity contribution in [3.63, 3.8) is 0 Å². The van der Waals surface area contributed by atoms with E-state index >= 15 is 0 Å². The van der Waals surface area contributed by atoms with Gasteiger partial charge in [0, 0.05) is 0 Å². The Morgan fingerprint density at radius 3 is 0.736 bits per heavy atom. The van der Waals surface area contributed by atoms with Gasteiger partial charge < -0.3 is 0 Å². The Morgan fingerprint density at radius 2 is 0.387 bits per heavy atom. The quantitative estimate of drug-likeness (QED) is 0.155. The van der Waals surface area contributed by atoms with Gasteiger partial charge in [-0.05, 0) is 293 Å². The van der Waals surface area contributed by atoms with Gasteiger partial charge in [-0.2, -0.15) is 0 Å². The molecule has 0 aliphatic carbocycles. The Labute approximate surface area is 630 Å². The fourth-order valence-electron chi connectivity index (χ4n) is 13.7. The summed E-state index contributed by atoms with van der Waals surface area (Å²) in [5, 5.41) is 21.3. The van der Waals surface area contributed by atoms with Gasteiger partial charge in [0.05, 0.1) is 0 Å². The zero-order chi connectivity index (χ0) is 74.4. The van der Waals surface area contributed by atoms with Crippen molar-refractivity contribution in [3.05, 3.63) is 418 Å². The van der Waals surface area contributed by atoms with Crippen LogP contribution in [0.4, 0.5) is 0 Å². The summed E-state index contributed by atoms with van der Waals surface area (Å²) in [5.41, 5.74) is 26.4. The maximum Gasteiger partial charge on any atom is -0.0146 e. The van der Waals surface area contributed by atoms with Crippen LogP contribution in [0.2, 0.25) is 0 Å². The highest BCUT2D eigenvalue weighted by atomic mass is 14.1. The lowest BCUT2D eigenvalue weighted by molar-refractivity contribution is 1.37. The number of rotatable bonds is 3. The van der Waals surface area contributed by atoms with Crippen LogP contribution in [0.3, 0.4) is 0 Å². The average Bonchev–Trinajstić information content (AvgIpc) is 0.797. The van der Waals surface area contributed by atoms with E-state index in [2.05, 4.69) is 437 Å². The van der Waals surface area contributed by atoms with E-state index in [4.69, 9.17) is 0 Å². The minimum atomic E-state index is 1.29. The van der Waals surface area contributed by atoms with Crippen molar-refractivity contribution in [2.24, 2.45) is 0 Å². The molecule has 18 aromatic carbocycles. The van der Waals surface area contributed by atoms with Crippen molar-refractivity contribution in [1.29, 1.82) is 0 Å². The minimum Gasteiger partial charge on any atom is -0.0620 e. The molecular formula is C106H98. The molecule has 0 atom stereocenters. The Hall–Kier alpha value is -12.0. The fraction of sp³-hybridized carbons (Fsp3) is 0.132. The predicted molar refractivity (Wildman–Crippen MR) is 468 cm³/mol. The molecule has 0 heteroatoms. The summed E-state index contributed by atoms with van der Waals surface area (Å²) in [5.74, 6) is 0. The van der Waals surface area contributed by atoms with Gasteiger partial charge in [0.2, 0.25) is 0 Å². The molecule has 0 bridgehead atoms. The number of hydrogen-bond donors (Lipinski definition) is 0. The van der Waals surface area contributed by atoms with Crippen LogP contribution < -0.4 is 0 Å². The van der Waals surface area contributed by atoms with Crippen LogP contribution in [0.5, 0.6) is 0 Å². The van der Waals surface area contributed by atoms with Crippen LogP contribution in [-0.4, -0.2) is 0 Å². The molecular weight excluding hydrogens is 1270 g/mol. The molecule has 522 valence electrons. The first kappa shape index (κ1) is 73.8. The standard InChI is InChI=1S/4C16H14.3C14H14/c1-11-3-5-13-10-16-8-12(2)4-6-14(16)9-15(13)7-11;1-11-3-5-13-9-14-6-4-12(2)8-16(14)10-15(13)7-11;1-11-7-15-9-13-5-3-4-6-14(13)10-16(15)8-12(11)2;1-11-7-8-12(2)16-10-14-6-4-3-5-13(14)9-15(11)16;1-11-3-7-13(8-4-11)14-9-5-12(2)6-10-14;1-11-6-8-13(9-7-11)14-5-3-4-12(2)10-14;1-11-7-9-13(10-8-11)14-6-4-3-5-12(14)2/h4*3-10H,1-2H3;3*3-10H,1-2H3. The summed E-state index contributed by atoms with van der Waals surface area (Å²) in [4.78, 5) is 0. The van der Waals surface area contributed by atoms with Crippen molar-refractivity contribution in [1.82, 2.24) is 0 Å². The number of fused-ring (bicyclic) bond motifs is 8. The SMILES string of the molecule is Cc1cc2cc3ccccc3cc2cc1C.Cc1ccc(-c2ccc(C)cc2)cc1.Cc1ccc(-c2cccc(C)c2)cc1.Cc1ccc(-c2ccccc2C)cc1.Cc1ccc(C)c2cc3ccccc3cc12.Cc1ccc2cc3cc(C)ccc3cc2c1.Cc1ccc2cc3ccc(C)cc3cc2c1. The summed E-state index contributed by atoms with van der Waals surface area (Å²) in [6, 6.07) is 122. The van der Waals surface area contributed by atoms with E-state index in [1.807, 2.05) is 0 Å². The first-order valence-electron chi connectivity index (χ1n) is 37.2. The molecule has 0 heterocycles. The molecule has 0 aliphatic heterocycles. The van der Waals surface area contributed by atoms with Gasteiger partial charge >= 0.3 is 0 Å². The van der Waals surface area contributed by atoms with Crippen molar-refractivity contribution < 1.29 is 0 Å². The average molecular weight is 1370 g/mol. The number of aryl methyl sites for hydroxylation is 14. The third-order valence-electron chi connectivity index (χ3n) is 20.2. The molecule has 0 saturated heterocycles. The highest BCUT2D eigenvalue weighted by molar-refractivity contribution is 6.03. The van der Waals surface area contributed by atoms with E-state index in [-0.39, 0.29) is 0 Å². The summed E-state index contributed by atoms with van der Waals surface area (Å²) in [6.07, 6.45) is 0. The second-order valence-electron chi connectivity index (χ2n) is 29.2. The third-order valence-corrected chi connectivity index (χ3v) is 20.2. The topological polar surface area (TPSA) is 0 Å². The van der Waals surface area contributed by atoms with E-state index in [0.29, 0.717) is 0 Å². The first-order valence-corrected chi connectivity index (χ1v) is 37.2. The van der Waals surface area contributed by atoms with Crippen molar-refractivity contribution >= 4 is 86.2 Å². The highest BCUT2D eigenvalue weighted by Gasteiger charge is 2.07. The largest absolute Gasteiger partial charge is 0.0620 e. The normalized spacial score (nSPS) is 10.7. The molecule has 0 nitrogen and oxygen atoms in total. The second kappa shape index (κ2) is 34.1. The second-order valence-corrected chi connectivity index (χ2v) is 29.2. The number of hydrogen-bond acceptors (Lipinski definition) is 0. The zero-order valence-corrected chi connectivity index (χ0v) is 64.3. The van der Waals surface area contributed by atoms with E-state index in [1.165, 1.54) is 197 Å². The van der Waals surface area contributed by atoms with Crippen molar-refractivity contribution in [2.75, 3.05) is 0 Å². The van der Waals surface area contributed by atoms with Crippen LogP contribution in [0.1, 0.15) is 77.9 Å². The molecule has 0 fully saturated rings. The Bertz CT molecular complexity index is 5780. The van der Waals surface area contributed by atoms with Gasteiger partial charge in [0.1, 0.15) is 0 Å². The fourth-order valence-corrected chi connectivity index (χ4v) is 13.7. The van der Waals surface area contributed by atoms with Gasteiger partial charge in [-0.15, -0.1) is 0 Å². The maximum atomic E-state index is 2.30. The van der Waals surface area contributed by atoms with E-state index in [0.717, 1.165) is 0 Å². The Morgan fingerprint density at radius 1 is 0.123 bits per heavy atom. The van der Waals surface area contributed by atoms with Gasteiger partial charge in [-0.1, -0.05) is 341 Å². The van der Waals surface area contributed by atoms with Crippen LogP contribution in [0.25, 0.3) is 120 Å². The van der Waals surface area contributed by atoms with E-state index in [1.54, 1.807) is 0 Å². The molecule has 0 saturated carbocycles. The van der Waals surface area contributed by atoms with Crippen LogP contribution >= 0.6 is 0 Å². The Kier molecular flexibility index (Phi) is 23.7. The number of benzene rings is 18. The summed E-state index contributed by atoms with van der Waals surface area (Å²) in [6.45, 7) is 30.0. The summed E-state index contributed by atoms with van der Waals surface area (Å²) in [7, 11) is 0. The monoisotopic (exact) mass is 1370 g/mol. The van der Waals surface area contributed by atoms with Crippen LogP contribution in [-0.2, 0) is 0 Å². The molecule has 0 aromatic heterocycles. The molecule has 106 heavy (non-hydrogen) atoms. The van der Waals surface area contributed by atoms with E-state index in [9.17, 15) is 0 Å². The van der Waals surface area contributed by atoms with Gasteiger partial charge in [0.15, 0.2) is 0 Å². The first-order chi connectivity index (χ1) is 51.2. The minimum absolute atomic E-state index is 1.29. The molecule has 18 aromatic rings. The van der Waals surface area contributed by atoms with Gasteiger partial charge in [-0.3, -0.25) is 0 Å². The van der Waals surface area contributed by atoms with Crippen LogP contribution in [0, 0.1) is 96.9 Å². The summed E-state index contributed by atoms with van der Waals surface area (Å²) < 4.78 is 0. The predicted octanol–water partition coefficient (Wildman–Crippen LogP) is 30.4.